The molecular formula is C11H19NO. The molecule has 0 N–H and O–H groups in total. The van der Waals surface area contributed by atoms with Gasteiger partial charge in [-0.25, -0.2) is 0 Å². The van der Waals surface area contributed by atoms with Crippen molar-refractivity contribution in [2.24, 2.45) is 5.41 Å². The summed E-state index contributed by atoms with van der Waals surface area (Å²) in [6, 6.07) is 0.493. The number of rotatable bonds is 1. The van der Waals surface area contributed by atoms with Gasteiger partial charge in [0, 0.05) is 19.0 Å². The summed E-state index contributed by atoms with van der Waals surface area (Å²) in [5.74, 6) is 0.344. The maximum Gasteiger partial charge on any atom is 0.222 e. The summed E-state index contributed by atoms with van der Waals surface area (Å²) in [5.41, 5.74) is 0.546. The van der Waals surface area contributed by atoms with E-state index < -0.39 is 0 Å². The molecule has 2 heteroatoms. The highest BCUT2D eigenvalue weighted by atomic mass is 16.2. The Morgan fingerprint density at radius 1 is 1.54 bits per heavy atom. The van der Waals surface area contributed by atoms with E-state index in [-0.39, 0.29) is 0 Å². The Balaban J connectivity index is 2.03. The van der Waals surface area contributed by atoms with Crippen LogP contribution in [0.5, 0.6) is 0 Å². The molecule has 1 atom stereocenters. The van der Waals surface area contributed by atoms with Gasteiger partial charge in [-0.3, -0.25) is 4.79 Å². The van der Waals surface area contributed by atoms with Crippen molar-refractivity contribution in [1.29, 1.82) is 0 Å². The van der Waals surface area contributed by atoms with Crippen LogP contribution in [-0.4, -0.2) is 23.4 Å². The number of hydrogen-bond donors (Lipinski definition) is 0. The average molecular weight is 181 g/mol. The van der Waals surface area contributed by atoms with E-state index in [0.717, 1.165) is 6.54 Å². The molecule has 0 aromatic heterocycles. The predicted molar refractivity (Wildman–Crippen MR) is 52.4 cm³/mol. The minimum Gasteiger partial charge on any atom is -0.339 e. The lowest BCUT2D eigenvalue weighted by molar-refractivity contribution is -0.131. The van der Waals surface area contributed by atoms with Gasteiger partial charge in [-0.1, -0.05) is 13.3 Å². The Kier molecular flexibility index (Phi) is 2.09. The Labute approximate surface area is 80.3 Å². The van der Waals surface area contributed by atoms with Crippen molar-refractivity contribution in [2.45, 2.75) is 52.0 Å². The normalized spacial score (nSPS) is 30.6. The number of carbonyl (C=O) groups excluding carboxylic acids is 1. The van der Waals surface area contributed by atoms with Crippen molar-refractivity contribution >= 4 is 5.91 Å². The molecule has 0 aromatic rings. The molecular weight excluding hydrogens is 162 g/mol. The molecule has 1 saturated heterocycles. The lowest BCUT2D eigenvalue weighted by atomic mass is 9.68. The maximum absolute atomic E-state index is 11.6. The van der Waals surface area contributed by atoms with Gasteiger partial charge < -0.3 is 4.90 Å². The van der Waals surface area contributed by atoms with Gasteiger partial charge in [0.25, 0.3) is 0 Å². The van der Waals surface area contributed by atoms with E-state index in [1.165, 1.54) is 25.7 Å². The number of carbonyl (C=O) groups is 1. The number of nitrogens with zero attached hydrogens (tertiary/aromatic N) is 1. The second-order valence-corrected chi connectivity index (χ2v) is 4.78. The highest BCUT2D eigenvalue weighted by Crippen LogP contribution is 2.50. The molecule has 1 aliphatic heterocycles. The Hall–Kier alpha value is -0.530. The van der Waals surface area contributed by atoms with Crippen molar-refractivity contribution in [3.05, 3.63) is 0 Å². The van der Waals surface area contributed by atoms with E-state index in [1.807, 2.05) is 6.92 Å². The fraction of sp³-hybridized carbons (Fsp3) is 0.909. The van der Waals surface area contributed by atoms with E-state index in [2.05, 4.69) is 11.8 Å². The fourth-order valence-electron chi connectivity index (χ4n) is 2.89. The summed E-state index contributed by atoms with van der Waals surface area (Å²) in [4.78, 5) is 13.7. The summed E-state index contributed by atoms with van der Waals surface area (Å²) in [6.07, 6.45) is 6.00. The van der Waals surface area contributed by atoms with Crippen molar-refractivity contribution in [1.82, 2.24) is 4.90 Å². The highest BCUT2D eigenvalue weighted by molar-refractivity contribution is 5.76. The lowest BCUT2D eigenvalue weighted by Gasteiger charge is -2.37. The van der Waals surface area contributed by atoms with E-state index in [0.29, 0.717) is 23.8 Å². The summed E-state index contributed by atoms with van der Waals surface area (Å²) < 4.78 is 0. The lowest BCUT2D eigenvalue weighted by Crippen LogP contribution is -2.36. The van der Waals surface area contributed by atoms with E-state index >= 15 is 0 Å². The first kappa shape index (κ1) is 9.04. The zero-order valence-electron chi connectivity index (χ0n) is 8.68. The van der Waals surface area contributed by atoms with Gasteiger partial charge >= 0.3 is 0 Å². The van der Waals surface area contributed by atoms with Crippen LogP contribution < -0.4 is 0 Å². The van der Waals surface area contributed by atoms with Crippen LogP contribution >= 0.6 is 0 Å². The van der Waals surface area contributed by atoms with Crippen molar-refractivity contribution in [3.8, 4) is 0 Å². The summed E-state index contributed by atoms with van der Waals surface area (Å²) >= 11 is 0. The zero-order chi connectivity index (χ0) is 9.47. The minimum atomic E-state index is 0.344. The first-order chi connectivity index (χ1) is 6.17. The predicted octanol–water partition coefficient (Wildman–Crippen LogP) is 2.19. The smallest absolute Gasteiger partial charge is 0.222 e. The third-order valence-electron chi connectivity index (χ3n) is 3.80. The van der Waals surface area contributed by atoms with Crippen LogP contribution in [0.3, 0.4) is 0 Å². The number of hydrogen-bond acceptors (Lipinski definition) is 1. The molecule has 2 rings (SSSR count). The van der Waals surface area contributed by atoms with Crippen LogP contribution in [-0.2, 0) is 4.79 Å². The molecule has 1 saturated carbocycles. The molecule has 74 valence electrons. The molecule has 0 aromatic carbocycles. The molecule has 1 heterocycles. The van der Waals surface area contributed by atoms with Gasteiger partial charge in [0.1, 0.15) is 0 Å². The second-order valence-electron chi connectivity index (χ2n) is 4.78. The average Bonchev–Trinajstić information content (AvgIpc) is 2.41. The molecule has 1 amide bonds. The quantitative estimate of drug-likeness (QED) is 0.607. The van der Waals surface area contributed by atoms with Gasteiger partial charge in [0.2, 0.25) is 5.91 Å². The molecule has 2 fully saturated rings. The zero-order valence-corrected chi connectivity index (χ0v) is 8.68. The van der Waals surface area contributed by atoms with Gasteiger partial charge in [-0.2, -0.15) is 0 Å². The van der Waals surface area contributed by atoms with Gasteiger partial charge in [0.15, 0.2) is 0 Å². The first-order valence-electron chi connectivity index (χ1n) is 5.46. The monoisotopic (exact) mass is 181 g/mol. The standard InChI is InChI=1S/C11H19NO/c1-3-10(13)12-8-11(5-4-6-11)7-9(12)2/h9H,3-8H2,1-2H3. The topological polar surface area (TPSA) is 20.3 Å². The van der Waals surface area contributed by atoms with Gasteiger partial charge in [-0.05, 0) is 31.6 Å². The molecule has 1 spiro atoms. The molecule has 0 radical (unpaired) electrons. The van der Waals surface area contributed by atoms with Crippen LogP contribution in [0.4, 0.5) is 0 Å². The maximum atomic E-state index is 11.6. The Bertz CT molecular complexity index is 220. The molecule has 1 aliphatic carbocycles. The number of amides is 1. The van der Waals surface area contributed by atoms with Gasteiger partial charge in [-0.15, -0.1) is 0 Å². The molecule has 1 unspecified atom stereocenters. The van der Waals surface area contributed by atoms with Crippen LogP contribution in [0.1, 0.15) is 46.0 Å². The highest BCUT2D eigenvalue weighted by Gasteiger charge is 2.46. The van der Waals surface area contributed by atoms with Crippen LogP contribution in [0.2, 0.25) is 0 Å². The SMILES string of the molecule is CCC(=O)N1CC2(CCC2)CC1C. The van der Waals surface area contributed by atoms with E-state index in [1.54, 1.807) is 0 Å². The third-order valence-corrected chi connectivity index (χ3v) is 3.80. The summed E-state index contributed by atoms with van der Waals surface area (Å²) in [5, 5.41) is 0. The second kappa shape index (κ2) is 3.00. The van der Waals surface area contributed by atoms with E-state index in [4.69, 9.17) is 0 Å². The minimum absolute atomic E-state index is 0.344. The first-order valence-corrected chi connectivity index (χ1v) is 5.46. The summed E-state index contributed by atoms with van der Waals surface area (Å²) in [7, 11) is 0. The number of likely N-dealkylation sites (tertiary alicyclic amines) is 1. The molecule has 0 bridgehead atoms. The van der Waals surface area contributed by atoms with Gasteiger partial charge in [0.05, 0.1) is 0 Å². The molecule has 13 heavy (non-hydrogen) atoms. The van der Waals surface area contributed by atoms with Crippen molar-refractivity contribution < 1.29 is 4.79 Å². The van der Waals surface area contributed by atoms with E-state index in [9.17, 15) is 4.79 Å². The van der Waals surface area contributed by atoms with Crippen molar-refractivity contribution in [2.75, 3.05) is 6.54 Å². The van der Waals surface area contributed by atoms with Crippen LogP contribution in [0, 0.1) is 5.41 Å². The molecule has 2 aliphatic rings. The summed E-state index contributed by atoms with van der Waals surface area (Å²) in [6.45, 7) is 5.20. The Morgan fingerprint density at radius 3 is 2.62 bits per heavy atom. The Morgan fingerprint density at radius 2 is 2.23 bits per heavy atom. The van der Waals surface area contributed by atoms with Crippen LogP contribution in [0.15, 0.2) is 0 Å². The third kappa shape index (κ3) is 1.36. The van der Waals surface area contributed by atoms with Crippen LogP contribution in [0.25, 0.3) is 0 Å². The largest absolute Gasteiger partial charge is 0.339 e. The fourth-order valence-corrected chi connectivity index (χ4v) is 2.89. The molecule has 2 nitrogen and oxygen atoms in total. The van der Waals surface area contributed by atoms with Crippen molar-refractivity contribution in [3.63, 3.8) is 0 Å².